The normalized spacial score (nSPS) is 9.95. The van der Waals surface area contributed by atoms with Crippen molar-refractivity contribution in [1.82, 2.24) is 15.0 Å². The summed E-state index contributed by atoms with van der Waals surface area (Å²) in [6, 6.07) is 2.76. The molecule has 2 rings (SSSR count). The summed E-state index contributed by atoms with van der Waals surface area (Å²) < 4.78 is 0. The molecule has 0 saturated carbocycles. The molecule has 0 atom stereocenters. The topological polar surface area (TPSA) is 105 Å². The van der Waals surface area contributed by atoms with Gasteiger partial charge in [0.05, 0.1) is 11.9 Å². The Balaban J connectivity index is 2.17. The van der Waals surface area contributed by atoms with Crippen LogP contribution in [0.4, 0.5) is 5.69 Å². The molecule has 1 amide bonds. The number of hydrogen-bond donors (Lipinski definition) is 2. The molecule has 0 fully saturated rings. The Morgan fingerprint density at radius 2 is 1.95 bits per heavy atom. The fourth-order valence-corrected chi connectivity index (χ4v) is 1.33. The molecular weight excluding hydrogens is 248 g/mol. The molecule has 0 saturated heterocycles. The first-order valence-electron chi connectivity index (χ1n) is 5.35. The minimum Gasteiger partial charge on any atom is -0.477 e. The van der Waals surface area contributed by atoms with Crippen LogP contribution in [0, 0.1) is 6.92 Å². The number of carboxylic acid groups (broad SMARTS) is 1. The lowest BCUT2D eigenvalue weighted by molar-refractivity contribution is 0.0690. The summed E-state index contributed by atoms with van der Waals surface area (Å²) in [6.07, 6.45) is 4.13. The van der Waals surface area contributed by atoms with Gasteiger partial charge in [-0.1, -0.05) is 0 Å². The van der Waals surface area contributed by atoms with Crippen LogP contribution in [0.5, 0.6) is 0 Å². The monoisotopic (exact) mass is 258 g/mol. The molecular formula is C12H10N4O3. The zero-order chi connectivity index (χ0) is 13.8. The Kier molecular flexibility index (Phi) is 3.46. The second-order valence-electron chi connectivity index (χ2n) is 3.73. The molecule has 0 spiro atoms. The van der Waals surface area contributed by atoms with Crippen molar-refractivity contribution in [3.05, 3.63) is 47.8 Å². The van der Waals surface area contributed by atoms with E-state index in [2.05, 4.69) is 20.3 Å². The van der Waals surface area contributed by atoms with Crippen LogP contribution in [0.1, 0.15) is 26.7 Å². The van der Waals surface area contributed by atoms with Crippen LogP contribution in [-0.4, -0.2) is 31.9 Å². The zero-order valence-electron chi connectivity index (χ0n) is 9.99. The van der Waals surface area contributed by atoms with Gasteiger partial charge in [-0.25, -0.2) is 14.8 Å². The predicted octanol–water partition coefficient (Wildman–Crippen LogP) is 1.13. The maximum Gasteiger partial charge on any atom is 0.354 e. The van der Waals surface area contributed by atoms with Crippen LogP contribution in [0.25, 0.3) is 0 Å². The van der Waals surface area contributed by atoms with Crippen LogP contribution in [0.3, 0.4) is 0 Å². The Morgan fingerprint density at radius 3 is 2.58 bits per heavy atom. The fraction of sp³-hybridized carbons (Fsp3) is 0.0833. The third-order valence-corrected chi connectivity index (χ3v) is 2.25. The number of nitrogens with zero attached hydrogens (tertiary/aromatic N) is 3. The summed E-state index contributed by atoms with van der Waals surface area (Å²) >= 11 is 0. The smallest absolute Gasteiger partial charge is 0.354 e. The largest absolute Gasteiger partial charge is 0.477 e. The summed E-state index contributed by atoms with van der Waals surface area (Å²) in [5.41, 5.74) is 1.04. The number of amides is 1. The first-order chi connectivity index (χ1) is 9.06. The van der Waals surface area contributed by atoms with E-state index >= 15 is 0 Å². The van der Waals surface area contributed by atoms with Gasteiger partial charge in [0.15, 0.2) is 0 Å². The molecule has 2 aromatic rings. The van der Waals surface area contributed by atoms with Gasteiger partial charge in [0.1, 0.15) is 11.4 Å². The average molecular weight is 258 g/mol. The third kappa shape index (κ3) is 3.09. The van der Waals surface area contributed by atoms with Crippen molar-refractivity contribution < 1.29 is 14.7 Å². The maximum atomic E-state index is 11.8. The van der Waals surface area contributed by atoms with Crippen LogP contribution in [-0.2, 0) is 0 Å². The number of anilines is 1. The standard InChI is InChI=1S/C12H10N4O3/c1-7-5-15-10(6-14-7)11(17)16-8-2-3-13-9(4-8)12(18)19/h2-6H,1H3,(H,18,19)(H,13,16,17). The first kappa shape index (κ1) is 12.6. The summed E-state index contributed by atoms with van der Waals surface area (Å²) in [7, 11) is 0. The first-order valence-corrected chi connectivity index (χ1v) is 5.35. The number of carbonyl (C=O) groups excluding carboxylic acids is 1. The Labute approximate surface area is 108 Å². The highest BCUT2D eigenvalue weighted by Gasteiger charge is 2.10. The summed E-state index contributed by atoms with van der Waals surface area (Å²) in [4.78, 5) is 34.1. The van der Waals surface area contributed by atoms with E-state index in [0.717, 1.165) is 0 Å². The number of aromatic carboxylic acids is 1. The highest BCUT2D eigenvalue weighted by molar-refractivity contribution is 6.03. The molecule has 0 radical (unpaired) electrons. The number of nitrogens with one attached hydrogen (secondary N) is 1. The van der Waals surface area contributed by atoms with E-state index in [4.69, 9.17) is 5.11 Å². The summed E-state index contributed by atoms with van der Waals surface area (Å²) in [5.74, 6) is -1.62. The highest BCUT2D eigenvalue weighted by atomic mass is 16.4. The van der Waals surface area contributed by atoms with E-state index in [1.807, 2.05) is 0 Å². The van der Waals surface area contributed by atoms with Crippen molar-refractivity contribution in [3.63, 3.8) is 0 Å². The van der Waals surface area contributed by atoms with Crippen molar-refractivity contribution in [3.8, 4) is 0 Å². The lowest BCUT2D eigenvalue weighted by Gasteiger charge is -2.04. The third-order valence-electron chi connectivity index (χ3n) is 2.25. The van der Waals surface area contributed by atoms with Gasteiger partial charge in [-0.3, -0.25) is 9.78 Å². The molecule has 2 N–H and O–H groups in total. The predicted molar refractivity (Wildman–Crippen MR) is 65.9 cm³/mol. The lowest BCUT2D eigenvalue weighted by Crippen LogP contribution is -2.14. The quantitative estimate of drug-likeness (QED) is 0.854. The van der Waals surface area contributed by atoms with Gasteiger partial charge in [-0.2, -0.15) is 0 Å². The van der Waals surface area contributed by atoms with Gasteiger partial charge >= 0.3 is 5.97 Å². The van der Waals surface area contributed by atoms with E-state index in [-0.39, 0.29) is 11.4 Å². The van der Waals surface area contributed by atoms with Crippen LogP contribution >= 0.6 is 0 Å². The van der Waals surface area contributed by atoms with Crippen molar-refractivity contribution in [2.75, 3.05) is 5.32 Å². The van der Waals surface area contributed by atoms with E-state index in [9.17, 15) is 9.59 Å². The molecule has 0 unspecified atom stereocenters. The van der Waals surface area contributed by atoms with Gasteiger partial charge in [0, 0.05) is 18.1 Å². The number of pyridine rings is 1. The number of carbonyl (C=O) groups is 2. The molecule has 0 aliphatic carbocycles. The number of carboxylic acids is 1. The molecule has 7 heteroatoms. The maximum absolute atomic E-state index is 11.8. The van der Waals surface area contributed by atoms with Crippen molar-refractivity contribution in [2.45, 2.75) is 6.92 Å². The number of hydrogen-bond acceptors (Lipinski definition) is 5. The summed E-state index contributed by atoms with van der Waals surface area (Å²) in [6.45, 7) is 1.76. The number of aryl methyl sites for hydroxylation is 1. The van der Waals surface area contributed by atoms with Crippen LogP contribution in [0.2, 0.25) is 0 Å². The Bertz CT molecular complexity index is 625. The van der Waals surface area contributed by atoms with E-state index in [0.29, 0.717) is 11.4 Å². The lowest BCUT2D eigenvalue weighted by atomic mass is 10.3. The van der Waals surface area contributed by atoms with Crippen LogP contribution < -0.4 is 5.32 Å². The molecule has 7 nitrogen and oxygen atoms in total. The molecule has 2 heterocycles. The molecule has 2 aromatic heterocycles. The van der Waals surface area contributed by atoms with Gasteiger partial charge < -0.3 is 10.4 Å². The minimum atomic E-state index is -1.16. The SMILES string of the molecule is Cc1cnc(C(=O)Nc2ccnc(C(=O)O)c2)cn1. The van der Waals surface area contributed by atoms with Gasteiger partial charge in [0.2, 0.25) is 0 Å². The Morgan fingerprint density at radius 1 is 1.16 bits per heavy atom. The van der Waals surface area contributed by atoms with Crippen molar-refractivity contribution in [2.24, 2.45) is 0 Å². The van der Waals surface area contributed by atoms with Gasteiger partial charge in [-0.15, -0.1) is 0 Å². The fourth-order valence-electron chi connectivity index (χ4n) is 1.33. The van der Waals surface area contributed by atoms with E-state index in [1.165, 1.54) is 30.7 Å². The molecule has 19 heavy (non-hydrogen) atoms. The molecule has 0 aliphatic rings. The second kappa shape index (κ2) is 5.21. The highest BCUT2D eigenvalue weighted by Crippen LogP contribution is 2.09. The van der Waals surface area contributed by atoms with Gasteiger partial charge in [-0.05, 0) is 19.1 Å². The van der Waals surface area contributed by atoms with E-state index in [1.54, 1.807) is 6.92 Å². The molecule has 0 aromatic carbocycles. The van der Waals surface area contributed by atoms with Crippen molar-refractivity contribution in [1.29, 1.82) is 0 Å². The van der Waals surface area contributed by atoms with Gasteiger partial charge in [0.25, 0.3) is 5.91 Å². The number of rotatable bonds is 3. The molecule has 0 aliphatic heterocycles. The van der Waals surface area contributed by atoms with Crippen molar-refractivity contribution >= 4 is 17.6 Å². The van der Waals surface area contributed by atoms with E-state index < -0.39 is 11.9 Å². The number of aromatic nitrogens is 3. The van der Waals surface area contributed by atoms with Crippen LogP contribution in [0.15, 0.2) is 30.7 Å². The molecule has 0 bridgehead atoms. The average Bonchev–Trinajstić information content (AvgIpc) is 2.39. The minimum absolute atomic E-state index is 0.146. The Hall–Kier alpha value is -2.83. The molecule has 96 valence electrons. The summed E-state index contributed by atoms with van der Waals surface area (Å²) in [5, 5.41) is 11.3. The zero-order valence-corrected chi connectivity index (χ0v) is 9.99. The second-order valence-corrected chi connectivity index (χ2v) is 3.73.